The predicted molar refractivity (Wildman–Crippen MR) is 117 cm³/mol. The largest absolute Gasteiger partial charge is 0.324 e. The minimum Gasteiger partial charge on any atom is -0.324 e. The molecular formula is C20H28ClN5O4S. The first-order valence-corrected chi connectivity index (χ1v) is 12.1. The Hall–Kier alpha value is -2.04. The topological polar surface area (TPSA) is 104 Å². The van der Waals surface area contributed by atoms with Crippen molar-refractivity contribution in [2.45, 2.75) is 39.3 Å². The quantitative estimate of drug-likeness (QED) is 0.639. The highest BCUT2D eigenvalue weighted by atomic mass is 35.5. The molecule has 31 heavy (non-hydrogen) atoms. The van der Waals surface area contributed by atoms with E-state index in [1.54, 1.807) is 12.3 Å². The number of hydrogen-bond donors (Lipinski definition) is 0. The van der Waals surface area contributed by atoms with Gasteiger partial charge >= 0.3 is 0 Å². The molecule has 3 aliphatic rings. The summed E-state index contributed by atoms with van der Waals surface area (Å²) in [5.74, 6) is -1.56. The minimum absolute atomic E-state index is 0. The summed E-state index contributed by atoms with van der Waals surface area (Å²) in [6.45, 7) is 6.77. The van der Waals surface area contributed by atoms with Crippen molar-refractivity contribution in [1.82, 2.24) is 24.1 Å². The van der Waals surface area contributed by atoms with Crippen LogP contribution in [0.4, 0.5) is 0 Å². The van der Waals surface area contributed by atoms with Crippen molar-refractivity contribution < 1.29 is 18.0 Å². The Morgan fingerprint density at radius 2 is 1.87 bits per heavy atom. The molecule has 0 unspecified atom stereocenters. The molecular weight excluding hydrogens is 442 g/mol. The zero-order chi connectivity index (χ0) is 21.6. The Balaban J connectivity index is 0.00000272. The van der Waals surface area contributed by atoms with Crippen molar-refractivity contribution in [2.24, 2.45) is 11.8 Å². The average Bonchev–Trinajstić information content (AvgIpc) is 3.37. The molecule has 1 aromatic rings. The van der Waals surface area contributed by atoms with Gasteiger partial charge in [0, 0.05) is 13.1 Å². The Bertz CT molecular complexity index is 989. The molecule has 2 atom stereocenters. The van der Waals surface area contributed by atoms with E-state index in [4.69, 9.17) is 0 Å². The lowest BCUT2D eigenvalue weighted by Gasteiger charge is -2.28. The molecule has 2 fully saturated rings. The smallest absolute Gasteiger partial charge is 0.274 e. The Morgan fingerprint density at radius 3 is 2.42 bits per heavy atom. The molecule has 0 radical (unpaired) electrons. The summed E-state index contributed by atoms with van der Waals surface area (Å²) in [5.41, 5.74) is 1.38. The maximum Gasteiger partial charge on any atom is 0.274 e. The van der Waals surface area contributed by atoms with Gasteiger partial charge in [0.15, 0.2) is 0 Å². The summed E-state index contributed by atoms with van der Waals surface area (Å²) in [4.78, 5) is 38.6. The number of amides is 2. The van der Waals surface area contributed by atoms with Gasteiger partial charge in [-0.1, -0.05) is 13.8 Å². The van der Waals surface area contributed by atoms with Crippen LogP contribution < -0.4 is 0 Å². The van der Waals surface area contributed by atoms with Crippen molar-refractivity contribution in [3.63, 3.8) is 0 Å². The number of likely N-dealkylation sites (tertiary alicyclic amines) is 1. The first kappa shape index (κ1) is 23.6. The van der Waals surface area contributed by atoms with E-state index >= 15 is 0 Å². The number of carbonyl (C=O) groups excluding carboxylic acids is 2. The molecule has 2 saturated heterocycles. The molecule has 2 amide bonds. The van der Waals surface area contributed by atoms with E-state index in [9.17, 15) is 18.0 Å². The van der Waals surface area contributed by atoms with Gasteiger partial charge in [-0.3, -0.25) is 19.5 Å². The summed E-state index contributed by atoms with van der Waals surface area (Å²) < 4.78 is 25.3. The van der Waals surface area contributed by atoms with Crippen molar-refractivity contribution in [3.8, 4) is 0 Å². The van der Waals surface area contributed by atoms with Crippen LogP contribution in [-0.2, 0) is 21.4 Å². The molecule has 0 bridgehead atoms. The van der Waals surface area contributed by atoms with Crippen molar-refractivity contribution >= 4 is 34.2 Å². The first-order valence-electron chi connectivity index (χ1n) is 10.3. The molecule has 0 aliphatic carbocycles. The van der Waals surface area contributed by atoms with Crippen LogP contribution in [0.1, 0.15) is 42.9 Å². The second-order valence-electron chi connectivity index (χ2n) is 8.54. The van der Waals surface area contributed by atoms with Crippen LogP contribution in [0, 0.1) is 11.8 Å². The number of rotatable bonds is 5. The molecule has 0 saturated carbocycles. The fourth-order valence-corrected chi connectivity index (χ4v) is 5.66. The van der Waals surface area contributed by atoms with Gasteiger partial charge in [0.05, 0.1) is 42.0 Å². The fourth-order valence-electron chi connectivity index (χ4n) is 4.64. The van der Waals surface area contributed by atoms with Crippen molar-refractivity contribution in [1.29, 1.82) is 0 Å². The number of fused-ring (bicyclic) bond motifs is 1. The van der Waals surface area contributed by atoms with E-state index in [-0.39, 0.29) is 36.5 Å². The average molecular weight is 470 g/mol. The summed E-state index contributed by atoms with van der Waals surface area (Å²) in [5, 5.41) is 0. The SMILES string of the molecule is CC(C)[C@H]1C(=O)N(S(C)(=O)=O)C2=CCN(C(=O)c3cnc(CN4CCCC4)cn3)[C@@H]21.Cl. The van der Waals surface area contributed by atoms with Gasteiger partial charge in [0.2, 0.25) is 15.9 Å². The third kappa shape index (κ3) is 4.33. The molecule has 170 valence electrons. The van der Waals surface area contributed by atoms with E-state index < -0.39 is 27.9 Å². The van der Waals surface area contributed by atoms with Gasteiger partial charge in [-0.05, 0) is 37.9 Å². The number of carbonyl (C=O) groups is 2. The lowest BCUT2D eigenvalue weighted by Crippen LogP contribution is -2.43. The van der Waals surface area contributed by atoms with Crippen LogP contribution in [0.25, 0.3) is 0 Å². The summed E-state index contributed by atoms with van der Waals surface area (Å²) >= 11 is 0. The number of nitrogens with zero attached hydrogens (tertiary/aromatic N) is 5. The lowest BCUT2D eigenvalue weighted by molar-refractivity contribution is -0.128. The number of hydrogen-bond acceptors (Lipinski definition) is 7. The molecule has 9 nitrogen and oxygen atoms in total. The number of halogens is 1. The van der Waals surface area contributed by atoms with Gasteiger partial charge in [0.25, 0.3) is 5.91 Å². The maximum atomic E-state index is 13.2. The van der Waals surface area contributed by atoms with Crippen molar-refractivity contribution in [2.75, 3.05) is 25.9 Å². The minimum atomic E-state index is -3.76. The van der Waals surface area contributed by atoms with Gasteiger partial charge < -0.3 is 4.90 Å². The Morgan fingerprint density at radius 1 is 1.19 bits per heavy atom. The highest BCUT2D eigenvalue weighted by Crippen LogP contribution is 2.41. The van der Waals surface area contributed by atoms with E-state index in [0.29, 0.717) is 12.2 Å². The van der Waals surface area contributed by atoms with Gasteiger partial charge in [-0.25, -0.2) is 17.7 Å². The van der Waals surface area contributed by atoms with Gasteiger partial charge in [-0.2, -0.15) is 0 Å². The second-order valence-corrected chi connectivity index (χ2v) is 10.4. The molecule has 0 N–H and O–H groups in total. The summed E-state index contributed by atoms with van der Waals surface area (Å²) in [6, 6.07) is -0.606. The zero-order valence-corrected chi connectivity index (χ0v) is 19.5. The van der Waals surface area contributed by atoms with E-state index in [1.165, 1.54) is 23.9 Å². The number of sulfonamides is 1. The molecule has 3 aliphatic heterocycles. The van der Waals surface area contributed by atoms with Crippen LogP contribution in [0.3, 0.4) is 0 Å². The third-order valence-electron chi connectivity index (χ3n) is 6.02. The highest BCUT2D eigenvalue weighted by molar-refractivity contribution is 7.89. The normalized spacial score (nSPS) is 23.9. The van der Waals surface area contributed by atoms with Crippen LogP contribution in [0.15, 0.2) is 24.2 Å². The molecule has 1 aromatic heterocycles. The zero-order valence-electron chi connectivity index (χ0n) is 17.9. The van der Waals surface area contributed by atoms with E-state index in [1.807, 2.05) is 13.8 Å². The molecule has 4 rings (SSSR count). The van der Waals surface area contributed by atoms with Crippen LogP contribution in [0.2, 0.25) is 0 Å². The molecule has 0 spiro atoms. The lowest BCUT2D eigenvalue weighted by atomic mass is 9.89. The van der Waals surface area contributed by atoms with Gasteiger partial charge in [-0.15, -0.1) is 12.4 Å². The molecule has 4 heterocycles. The monoisotopic (exact) mass is 469 g/mol. The predicted octanol–water partition coefficient (Wildman–Crippen LogP) is 1.28. The summed E-state index contributed by atoms with van der Waals surface area (Å²) in [7, 11) is -3.76. The van der Waals surface area contributed by atoms with E-state index in [2.05, 4.69) is 14.9 Å². The fraction of sp³-hybridized carbons (Fsp3) is 0.600. The molecule has 11 heteroatoms. The van der Waals surface area contributed by atoms with Crippen LogP contribution >= 0.6 is 12.4 Å². The van der Waals surface area contributed by atoms with Crippen LogP contribution in [0.5, 0.6) is 0 Å². The third-order valence-corrected chi connectivity index (χ3v) is 7.07. The Labute approximate surface area is 189 Å². The second kappa shape index (κ2) is 8.84. The molecule has 0 aromatic carbocycles. The van der Waals surface area contributed by atoms with E-state index in [0.717, 1.165) is 29.3 Å². The van der Waals surface area contributed by atoms with Gasteiger partial charge in [0.1, 0.15) is 5.69 Å². The first-order chi connectivity index (χ1) is 14.2. The summed E-state index contributed by atoms with van der Waals surface area (Å²) in [6.07, 6.45) is 8.14. The highest BCUT2D eigenvalue weighted by Gasteiger charge is 2.54. The van der Waals surface area contributed by atoms with Crippen molar-refractivity contribution in [3.05, 3.63) is 35.6 Å². The maximum absolute atomic E-state index is 13.2. The van der Waals surface area contributed by atoms with Crippen LogP contribution in [-0.4, -0.2) is 76.2 Å². The standard InChI is InChI=1S/C20H27N5O4S.ClH/c1-13(2)17-18-16(25(20(17)27)30(3,28)29)6-9-24(18)19(26)15-11-21-14(10-22-15)12-23-7-4-5-8-23;/h6,10-11,13,17-18H,4-5,7-9,12H2,1-3H3;1H/t17-,18+;/m1./s1. The Kier molecular flexibility index (Phi) is 6.73. The number of aromatic nitrogens is 2.